The SMILES string of the molecule is COc1ccc(N2CC(c3nc4ccccc4n3CCCOc3ccc(C(C)(C)C)cc3)CC2=O)cc1. The number of carbonyl (C=O) groups excluding carboxylic acids is 1. The van der Waals surface area contributed by atoms with Gasteiger partial charge < -0.3 is 18.9 Å². The summed E-state index contributed by atoms with van der Waals surface area (Å²) in [7, 11) is 1.64. The Morgan fingerprint density at radius 1 is 0.946 bits per heavy atom. The lowest BCUT2D eigenvalue weighted by Gasteiger charge is -2.19. The van der Waals surface area contributed by atoms with Crippen LogP contribution in [0.5, 0.6) is 11.5 Å². The first-order valence-electron chi connectivity index (χ1n) is 13.0. The van der Waals surface area contributed by atoms with Gasteiger partial charge in [0.1, 0.15) is 17.3 Å². The second-order valence-electron chi connectivity index (χ2n) is 10.7. The van der Waals surface area contributed by atoms with Crippen LogP contribution in [-0.2, 0) is 16.8 Å². The summed E-state index contributed by atoms with van der Waals surface area (Å²) in [6.07, 6.45) is 1.29. The fourth-order valence-corrected chi connectivity index (χ4v) is 5.00. The highest BCUT2D eigenvalue weighted by Crippen LogP contribution is 2.34. The van der Waals surface area contributed by atoms with E-state index in [0.29, 0.717) is 19.6 Å². The first-order chi connectivity index (χ1) is 17.8. The Bertz CT molecular complexity index is 1370. The van der Waals surface area contributed by atoms with Crippen LogP contribution >= 0.6 is 0 Å². The lowest BCUT2D eigenvalue weighted by Crippen LogP contribution is -2.24. The zero-order chi connectivity index (χ0) is 26.0. The number of methoxy groups -OCH3 is 1. The first-order valence-corrected chi connectivity index (χ1v) is 13.0. The molecular weight excluding hydrogens is 462 g/mol. The van der Waals surface area contributed by atoms with Crippen LogP contribution in [0.25, 0.3) is 11.0 Å². The third kappa shape index (κ3) is 5.33. The largest absolute Gasteiger partial charge is 0.497 e. The van der Waals surface area contributed by atoms with Gasteiger partial charge in [-0.05, 0) is 65.9 Å². The summed E-state index contributed by atoms with van der Waals surface area (Å²) in [5, 5.41) is 0. The van der Waals surface area contributed by atoms with E-state index in [9.17, 15) is 4.79 Å². The molecule has 0 spiro atoms. The number of hydrogen-bond acceptors (Lipinski definition) is 4. The minimum absolute atomic E-state index is 0.0351. The van der Waals surface area contributed by atoms with Crippen molar-refractivity contribution in [3.05, 3.63) is 84.2 Å². The predicted octanol–water partition coefficient (Wildman–Crippen LogP) is 6.33. The number of para-hydroxylation sites is 2. The van der Waals surface area contributed by atoms with E-state index in [1.165, 1.54) is 5.56 Å². The molecule has 1 aromatic heterocycles. The summed E-state index contributed by atoms with van der Waals surface area (Å²) in [5.74, 6) is 2.80. The summed E-state index contributed by atoms with van der Waals surface area (Å²) < 4.78 is 13.6. The van der Waals surface area contributed by atoms with Gasteiger partial charge >= 0.3 is 0 Å². The summed E-state index contributed by atoms with van der Waals surface area (Å²) in [6, 6.07) is 24.2. The number of hydrogen-bond donors (Lipinski definition) is 0. The molecule has 0 saturated carbocycles. The molecule has 5 rings (SSSR count). The van der Waals surface area contributed by atoms with Gasteiger partial charge in [-0.2, -0.15) is 0 Å². The van der Waals surface area contributed by atoms with Crippen LogP contribution in [0.15, 0.2) is 72.8 Å². The van der Waals surface area contributed by atoms with Gasteiger partial charge in [0.2, 0.25) is 5.91 Å². The minimum Gasteiger partial charge on any atom is -0.497 e. The molecule has 0 bridgehead atoms. The van der Waals surface area contributed by atoms with Crippen LogP contribution in [-0.4, -0.2) is 35.7 Å². The summed E-state index contributed by atoms with van der Waals surface area (Å²) in [5.41, 5.74) is 4.38. The van der Waals surface area contributed by atoms with E-state index in [1.54, 1.807) is 7.11 Å². The minimum atomic E-state index is 0.0351. The zero-order valence-corrected chi connectivity index (χ0v) is 22.1. The second kappa shape index (κ2) is 10.3. The van der Waals surface area contributed by atoms with E-state index in [-0.39, 0.29) is 17.2 Å². The zero-order valence-electron chi connectivity index (χ0n) is 22.1. The number of anilines is 1. The van der Waals surface area contributed by atoms with Crippen molar-refractivity contribution in [2.45, 2.75) is 51.5 Å². The molecule has 6 nitrogen and oxygen atoms in total. The molecular formula is C31H35N3O3. The molecule has 1 saturated heterocycles. The number of amides is 1. The topological polar surface area (TPSA) is 56.6 Å². The van der Waals surface area contributed by atoms with Crippen LogP contribution in [0.3, 0.4) is 0 Å². The molecule has 2 heterocycles. The van der Waals surface area contributed by atoms with Crippen molar-refractivity contribution in [1.82, 2.24) is 9.55 Å². The van der Waals surface area contributed by atoms with Crippen molar-refractivity contribution in [3.63, 3.8) is 0 Å². The van der Waals surface area contributed by atoms with Crippen molar-refractivity contribution in [3.8, 4) is 11.5 Å². The highest BCUT2D eigenvalue weighted by Gasteiger charge is 2.34. The molecule has 1 aliphatic rings. The predicted molar refractivity (Wildman–Crippen MR) is 148 cm³/mol. The fraction of sp³-hybridized carbons (Fsp3) is 0.355. The number of ether oxygens (including phenoxy) is 2. The van der Waals surface area contributed by atoms with E-state index in [4.69, 9.17) is 14.5 Å². The lowest BCUT2D eigenvalue weighted by atomic mass is 9.87. The van der Waals surface area contributed by atoms with Crippen molar-refractivity contribution in [2.24, 2.45) is 0 Å². The molecule has 192 valence electrons. The molecule has 1 fully saturated rings. The second-order valence-corrected chi connectivity index (χ2v) is 10.7. The maximum atomic E-state index is 13.0. The van der Waals surface area contributed by atoms with Gasteiger partial charge in [-0.1, -0.05) is 45.0 Å². The molecule has 37 heavy (non-hydrogen) atoms. The van der Waals surface area contributed by atoms with Crippen molar-refractivity contribution < 1.29 is 14.3 Å². The summed E-state index contributed by atoms with van der Waals surface area (Å²) in [4.78, 5) is 19.8. The van der Waals surface area contributed by atoms with Gasteiger partial charge in [0.15, 0.2) is 0 Å². The number of aryl methyl sites for hydroxylation is 1. The molecule has 1 atom stereocenters. The Labute approximate surface area is 218 Å². The van der Waals surface area contributed by atoms with Gasteiger partial charge in [0.05, 0.1) is 24.8 Å². The van der Waals surface area contributed by atoms with Gasteiger partial charge in [-0.15, -0.1) is 0 Å². The molecule has 1 aliphatic heterocycles. The Kier molecular flexibility index (Phi) is 6.92. The lowest BCUT2D eigenvalue weighted by molar-refractivity contribution is -0.117. The van der Waals surface area contributed by atoms with Crippen LogP contribution < -0.4 is 14.4 Å². The summed E-state index contributed by atoms with van der Waals surface area (Å²) in [6.45, 7) is 8.65. The monoisotopic (exact) mass is 497 g/mol. The molecule has 0 aliphatic carbocycles. The number of carbonyl (C=O) groups is 1. The molecule has 1 unspecified atom stereocenters. The number of rotatable bonds is 8. The number of fused-ring (bicyclic) bond motifs is 1. The Morgan fingerprint density at radius 2 is 1.65 bits per heavy atom. The van der Waals surface area contributed by atoms with Crippen molar-refractivity contribution in [1.29, 1.82) is 0 Å². The number of imidazole rings is 1. The smallest absolute Gasteiger partial charge is 0.227 e. The summed E-state index contributed by atoms with van der Waals surface area (Å²) >= 11 is 0. The molecule has 0 radical (unpaired) electrons. The van der Waals surface area contributed by atoms with E-state index >= 15 is 0 Å². The Morgan fingerprint density at radius 3 is 2.35 bits per heavy atom. The van der Waals surface area contributed by atoms with Gasteiger partial charge in [-0.3, -0.25) is 4.79 Å². The van der Waals surface area contributed by atoms with Crippen LogP contribution in [0.4, 0.5) is 5.69 Å². The third-order valence-corrected chi connectivity index (χ3v) is 7.07. The van der Waals surface area contributed by atoms with Gasteiger partial charge in [0, 0.05) is 31.1 Å². The Hall–Kier alpha value is -3.80. The molecule has 4 aromatic rings. The van der Waals surface area contributed by atoms with E-state index in [2.05, 4.69) is 55.7 Å². The number of benzene rings is 3. The quantitative estimate of drug-likeness (QED) is 0.267. The van der Waals surface area contributed by atoms with Crippen molar-refractivity contribution in [2.75, 3.05) is 25.2 Å². The standard InChI is InChI=1S/C31H35N3O3/c1-31(2,3)23-10-14-26(15-11-23)37-19-7-18-33-28-9-6-5-8-27(28)32-30(33)22-20-29(35)34(21-22)24-12-16-25(36-4)17-13-24/h5-6,8-17,22H,7,18-21H2,1-4H3. The number of aromatic nitrogens is 2. The van der Waals surface area contributed by atoms with Crippen LogP contribution in [0, 0.1) is 0 Å². The third-order valence-electron chi connectivity index (χ3n) is 7.07. The highest BCUT2D eigenvalue weighted by atomic mass is 16.5. The maximum absolute atomic E-state index is 13.0. The maximum Gasteiger partial charge on any atom is 0.227 e. The molecule has 1 amide bonds. The van der Waals surface area contributed by atoms with Crippen LogP contribution in [0.2, 0.25) is 0 Å². The van der Waals surface area contributed by atoms with Gasteiger partial charge in [-0.25, -0.2) is 4.98 Å². The fourth-order valence-electron chi connectivity index (χ4n) is 5.00. The average molecular weight is 498 g/mol. The van der Waals surface area contributed by atoms with E-state index in [1.807, 2.05) is 47.4 Å². The molecule has 6 heteroatoms. The highest BCUT2D eigenvalue weighted by molar-refractivity contribution is 5.96. The van der Waals surface area contributed by atoms with Crippen LogP contribution in [0.1, 0.15) is 50.9 Å². The van der Waals surface area contributed by atoms with Crippen molar-refractivity contribution >= 4 is 22.6 Å². The number of nitrogens with zero attached hydrogens (tertiary/aromatic N) is 3. The van der Waals surface area contributed by atoms with E-state index < -0.39 is 0 Å². The molecule has 0 N–H and O–H groups in total. The average Bonchev–Trinajstić information content (AvgIpc) is 3.47. The molecule has 3 aromatic carbocycles. The van der Waals surface area contributed by atoms with E-state index in [0.717, 1.165) is 47.0 Å². The first kappa shape index (κ1) is 24.9. The Balaban J connectivity index is 1.29. The normalized spacial score (nSPS) is 15.9. The van der Waals surface area contributed by atoms with Gasteiger partial charge in [0.25, 0.3) is 0 Å².